The summed E-state index contributed by atoms with van der Waals surface area (Å²) in [5, 5.41) is 2.62. The highest BCUT2D eigenvalue weighted by molar-refractivity contribution is 5.98. The summed E-state index contributed by atoms with van der Waals surface area (Å²) in [6.07, 6.45) is -1.000. The molecule has 0 spiro atoms. The number of hydrogen-bond donors (Lipinski definition) is 1. The van der Waals surface area contributed by atoms with Gasteiger partial charge >= 0.3 is 5.97 Å². The molecule has 0 saturated heterocycles. The van der Waals surface area contributed by atoms with Gasteiger partial charge in [0.1, 0.15) is 5.75 Å². The molecule has 1 amide bonds. The third-order valence-electron chi connectivity index (χ3n) is 4.12. The lowest BCUT2D eigenvalue weighted by molar-refractivity contribution is -0.155. The lowest BCUT2D eigenvalue weighted by Gasteiger charge is -2.14. The van der Waals surface area contributed by atoms with Crippen molar-refractivity contribution < 1.29 is 23.9 Å². The first-order valence-corrected chi connectivity index (χ1v) is 9.10. The second-order valence-electron chi connectivity index (χ2n) is 6.77. The van der Waals surface area contributed by atoms with E-state index in [1.807, 2.05) is 12.1 Å². The monoisotopic (exact) mass is 383 g/mol. The topological polar surface area (TPSA) is 81.7 Å². The van der Waals surface area contributed by atoms with E-state index >= 15 is 0 Å². The van der Waals surface area contributed by atoms with Crippen molar-refractivity contribution in [2.45, 2.75) is 39.7 Å². The Morgan fingerprint density at radius 3 is 2.29 bits per heavy atom. The summed E-state index contributed by atoms with van der Waals surface area (Å²) in [5.74, 6) is -0.272. The van der Waals surface area contributed by atoms with E-state index in [-0.39, 0.29) is 12.4 Å². The molecule has 0 aromatic heterocycles. The number of benzene rings is 2. The van der Waals surface area contributed by atoms with Crippen LogP contribution in [0.4, 0.5) is 5.69 Å². The van der Waals surface area contributed by atoms with Gasteiger partial charge in [-0.3, -0.25) is 9.59 Å². The van der Waals surface area contributed by atoms with Crippen LogP contribution in [0.15, 0.2) is 48.5 Å². The fourth-order valence-electron chi connectivity index (χ4n) is 2.44. The molecule has 2 rings (SSSR count). The molecule has 0 radical (unpaired) electrons. The number of nitrogens with one attached hydrogen (secondary N) is 1. The number of carbonyl (C=O) groups excluding carboxylic acids is 3. The minimum atomic E-state index is -1.000. The summed E-state index contributed by atoms with van der Waals surface area (Å²) in [5.41, 5.74) is 2.12. The summed E-state index contributed by atoms with van der Waals surface area (Å²) in [6.45, 7) is 6.81. The van der Waals surface area contributed by atoms with Crippen LogP contribution in [0.5, 0.6) is 5.75 Å². The average Bonchev–Trinajstić information content (AvgIpc) is 2.66. The van der Waals surface area contributed by atoms with Gasteiger partial charge in [0.25, 0.3) is 5.91 Å². The zero-order chi connectivity index (χ0) is 20.7. The van der Waals surface area contributed by atoms with E-state index in [2.05, 4.69) is 19.2 Å². The van der Waals surface area contributed by atoms with Crippen LogP contribution in [0.3, 0.4) is 0 Å². The summed E-state index contributed by atoms with van der Waals surface area (Å²) >= 11 is 0. The second-order valence-corrected chi connectivity index (χ2v) is 6.77. The third-order valence-corrected chi connectivity index (χ3v) is 4.12. The maximum absolute atomic E-state index is 12.2. The average molecular weight is 383 g/mol. The highest BCUT2D eigenvalue weighted by atomic mass is 16.6. The second kappa shape index (κ2) is 9.69. The molecule has 1 atom stereocenters. The molecule has 6 nitrogen and oxygen atoms in total. The van der Waals surface area contributed by atoms with Crippen molar-refractivity contribution in [1.29, 1.82) is 0 Å². The largest absolute Gasteiger partial charge is 0.482 e. The van der Waals surface area contributed by atoms with Crippen molar-refractivity contribution in [2.24, 2.45) is 0 Å². The molecule has 2 aromatic carbocycles. The maximum Gasteiger partial charge on any atom is 0.344 e. The number of amides is 1. The number of carbonyl (C=O) groups is 3. The van der Waals surface area contributed by atoms with E-state index in [4.69, 9.17) is 9.47 Å². The molecule has 0 saturated carbocycles. The zero-order valence-electron chi connectivity index (χ0n) is 16.5. The van der Waals surface area contributed by atoms with Crippen LogP contribution in [0.25, 0.3) is 0 Å². The molecular weight excluding hydrogens is 358 g/mol. The predicted octanol–water partition coefficient (Wildman–Crippen LogP) is 3.96. The number of hydrogen-bond acceptors (Lipinski definition) is 5. The number of Topliss-reactive ketones (excluding diaryl/α,β-unsaturated/α-hetero) is 1. The molecular formula is C22H25NO5. The summed E-state index contributed by atoms with van der Waals surface area (Å²) in [6, 6.07) is 14.0. The van der Waals surface area contributed by atoms with Gasteiger partial charge in [-0.15, -0.1) is 0 Å². The predicted molar refractivity (Wildman–Crippen MR) is 107 cm³/mol. The van der Waals surface area contributed by atoms with E-state index in [0.29, 0.717) is 22.9 Å². The van der Waals surface area contributed by atoms with Crippen LogP contribution >= 0.6 is 0 Å². The van der Waals surface area contributed by atoms with Crippen LogP contribution < -0.4 is 10.1 Å². The van der Waals surface area contributed by atoms with Gasteiger partial charge in [0.05, 0.1) is 0 Å². The normalized spacial score (nSPS) is 11.6. The molecule has 6 heteroatoms. The Kier molecular flexibility index (Phi) is 7.32. The van der Waals surface area contributed by atoms with Crippen LogP contribution in [-0.4, -0.2) is 30.4 Å². The van der Waals surface area contributed by atoms with Crippen molar-refractivity contribution in [3.8, 4) is 5.75 Å². The van der Waals surface area contributed by atoms with Crippen LogP contribution in [-0.2, 0) is 14.3 Å². The van der Waals surface area contributed by atoms with Crippen molar-refractivity contribution in [3.63, 3.8) is 0 Å². The van der Waals surface area contributed by atoms with E-state index < -0.39 is 18.0 Å². The number of rotatable bonds is 8. The van der Waals surface area contributed by atoms with Gasteiger partial charge in [0.2, 0.25) is 0 Å². The maximum atomic E-state index is 12.2. The van der Waals surface area contributed by atoms with Crippen molar-refractivity contribution >= 4 is 23.3 Å². The number of anilines is 1. The lowest BCUT2D eigenvalue weighted by atomic mass is 10.0. The molecule has 0 unspecified atom stereocenters. The minimum Gasteiger partial charge on any atom is -0.482 e. The molecule has 0 aliphatic carbocycles. The van der Waals surface area contributed by atoms with Crippen molar-refractivity contribution in [1.82, 2.24) is 0 Å². The molecule has 0 heterocycles. The first-order chi connectivity index (χ1) is 13.3. The fraction of sp³-hybridized carbons (Fsp3) is 0.318. The van der Waals surface area contributed by atoms with Gasteiger partial charge in [0.15, 0.2) is 18.5 Å². The van der Waals surface area contributed by atoms with Crippen molar-refractivity contribution in [2.75, 3.05) is 11.9 Å². The Balaban J connectivity index is 1.83. The van der Waals surface area contributed by atoms with E-state index in [0.717, 1.165) is 0 Å². The van der Waals surface area contributed by atoms with E-state index in [1.165, 1.54) is 19.4 Å². The van der Waals surface area contributed by atoms with E-state index in [9.17, 15) is 14.4 Å². The molecule has 0 aliphatic heterocycles. The van der Waals surface area contributed by atoms with Gasteiger partial charge in [-0.1, -0.05) is 38.1 Å². The van der Waals surface area contributed by atoms with Crippen LogP contribution in [0.1, 0.15) is 49.5 Å². The van der Waals surface area contributed by atoms with Gasteiger partial charge in [-0.25, -0.2) is 4.79 Å². The van der Waals surface area contributed by atoms with Gasteiger partial charge in [-0.2, -0.15) is 0 Å². The molecule has 0 bridgehead atoms. The Hall–Kier alpha value is -3.15. The van der Waals surface area contributed by atoms with Gasteiger partial charge < -0.3 is 14.8 Å². The van der Waals surface area contributed by atoms with Crippen molar-refractivity contribution in [3.05, 3.63) is 59.7 Å². The minimum absolute atomic E-state index is 0.103. The first kappa shape index (κ1) is 21.2. The summed E-state index contributed by atoms with van der Waals surface area (Å²) < 4.78 is 10.5. The molecule has 0 aliphatic rings. The quantitative estimate of drug-likeness (QED) is 0.551. The SMILES string of the molecule is CC(=O)c1cccc(NC(=O)[C@H](C)OC(=O)COc2ccc(C(C)C)cc2)c1. The first-order valence-electron chi connectivity index (χ1n) is 9.10. The number of esters is 1. The highest BCUT2D eigenvalue weighted by Gasteiger charge is 2.18. The zero-order valence-corrected chi connectivity index (χ0v) is 16.5. The molecule has 1 N–H and O–H groups in total. The Morgan fingerprint density at radius 1 is 1.00 bits per heavy atom. The lowest BCUT2D eigenvalue weighted by Crippen LogP contribution is -2.31. The van der Waals surface area contributed by atoms with Gasteiger partial charge in [-0.05, 0) is 49.6 Å². The Labute approximate surface area is 164 Å². The Morgan fingerprint density at radius 2 is 1.68 bits per heavy atom. The van der Waals surface area contributed by atoms with Crippen LogP contribution in [0, 0.1) is 0 Å². The fourth-order valence-corrected chi connectivity index (χ4v) is 2.44. The van der Waals surface area contributed by atoms with Crippen LogP contribution in [0.2, 0.25) is 0 Å². The molecule has 0 fully saturated rings. The van der Waals surface area contributed by atoms with E-state index in [1.54, 1.807) is 36.4 Å². The van der Waals surface area contributed by atoms with Gasteiger partial charge in [0, 0.05) is 11.3 Å². The summed E-state index contributed by atoms with van der Waals surface area (Å²) in [7, 11) is 0. The standard InChI is InChI=1S/C22H25NO5/c1-14(2)17-8-10-20(11-9-17)27-13-21(25)28-16(4)22(26)23-19-7-5-6-18(12-19)15(3)24/h5-12,14,16H,13H2,1-4H3,(H,23,26)/t16-/m0/s1. The molecule has 2 aromatic rings. The third kappa shape index (κ3) is 6.23. The number of ketones is 1. The smallest absolute Gasteiger partial charge is 0.344 e. The molecule has 28 heavy (non-hydrogen) atoms. The highest BCUT2D eigenvalue weighted by Crippen LogP contribution is 2.18. The number of ether oxygens (including phenoxy) is 2. The summed E-state index contributed by atoms with van der Waals surface area (Å²) in [4.78, 5) is 35.5. The molecule has 148 valence electrons. The Bertz CT molecular complexity index is 842.